The van der Waals surface area contributed by atoms with Crippen LogP contribution >= 0.6 is 11.8 Å². The van der Waals surface area contributed by atoms with Crippen molar-refractivity contribution in [3.05, 3.63) is 48.4 Å². The first-order valence-electron chi connectivity index (χ1n) is 9.45. The van der Waals surface area contributed by atoms with Gasteiger partial charge in [0, 0.05) is 23.7 Å². The van der Waals surface area contributed by atoms with Crippen LogP contribution in [-0.4, -0.2) is 40.5 Å². The average molecular weight is 453 g/mol. The summed E-state index contributed by atoms with van der Waals surface area (Å²) in [6, 6.07) is 12.5. The van der Waals surface area contributed by atoms with E-state index in [1.807, 2.05) is 12.1 Å². The number of amides is 1. The Balaban J connectivity index is 1.42. The second-order valence-electron chi connectivity index (χ2n) is 6.49. The molecule has 0 saturated carbocycles. The highest BCUT2D eigenvalue weighted by molar-refractivity contribution is 7.98. The van der Waals surface area contributed by atoms with E-state index in [0.717, 1.165) is 0 Å². The number of carbonyl (C=O) groups is 1. The first-order chi connectivity index (χ1) is 15.6. The number of carbonyl (C=O) groups excluding carboxylic acids is 1. The summed E-state index contributed by atoms with van der Waals surface area (Å²) in [5, 5.41) is 19.3. The smallest absolute Gasteiger partial charge is 0.277 e. The van der Waals surface area contributed by atoms with E-state index in [4.69, 9.17) is 18.3 Å². The highest BCUT2D eigenvalue weighted by atomic mass is 32.2. The Labute approximate surface area is 187 Å². The minimum absolute atomic E-state index is 0.157. The van der Waals surface area contributed by atoms with Crippen LogP contribution in [0.4, 0.5) is 5.69 Å². The van der Waals surface area contributed by atoms with Gasteiger partial charge < -0.3 is 23.6 Å². The van der Waals surface area contributed by atoms with Crippen LogP contribution < -0.4 is 14.8 Å². The molecule has 0 fully saturated rings. The van der Waals surface area contributed by atoms with Gasteiger partial charge in [-0.05, 0) is 36.4 Å². The summed E-state index contributed by atoms with van der Waals surface area (Å²) >= 11 is 1.28. The quantitative estimate of drug-likeness (QED) is 0.390. The van der Waals surface area contributed by atoms with E-state index in [0.29, 0.717) is 57.0 Å². The van der Waals surface area contributed by atoms with Gasteiger partial charge in [-0.15, -0.1) is 20.4 Å². The molecule has 164 valence electrons. The Kier molecular flexibility index (Phi) is 6.36. The lowest BCUT2D eigenvalue weighted by Gasteiger charge is -2.07. The minimum Gasteiger partial charge on any atom is -0.493 e. The lowest BCUT2D eigenvalue weighted by atomic mass is 10.2. The van der Waals surface area contributed by atoms with E-state index in [2.05, 4.69) is 25.7 Å². The van der Waals surface area contributed by atoms with E-state index in [9.17, 15) is 4.79 Å². The first-order valence-corrected chi connectivity index (χ1v) is 10.4. The molecule has 0 atom stereocenters. The van der Waals surface area contributed by atoms with Gasteiger partial charge in [-0.2, -0.15) is 0 Å². The molecule has 0 aliphatic carbocycles. The minimum atomic E-state index is -0.157. The molecule has 0 aliphatic heterocycles. The van der Waals surface area contributed by atoms with Crippen LogP contribution in [0, 0.1) is 0 Å². The van der Waals surface area contributed by atoms with Gasteiger partial charge in [-0.25, -0.2) is 0 Å². The number of aromatic nitrogens is 4. The van der Waals surface area contributed by atoms with Crippen LogP contribution in [0.3, 0.4) is 0 Å². The number of methoxy groups -OCH3 is 2. The fourth-order valence-electron chi connectivity index (χ4n) is 2.84. The monoisotopic (exact) mass is 453 g/mol. The normalized spacial score (nSPS) is 10.7. The molecule has 11 heteroatoms. The van der Waals surface area contributed by atoms with Gasteiger partial charge in [0.2, 0.25) is 23.6 Å². The van der Waals surface area contributed by atoms with Crippen LogP contribution in [0.15, 0.2) is 56.5 Å². The van der Waals surface area contributed by atoms with Gasteiger partial charge in [-0.3, -0.25) is 4.79 Å². The van der Waals surface area contributed by atoms with Crippen molar-refractivity contribution in [3.8, 4) is 34.4 Å². The van der Waals surface area contributed by atoms with E-state index >= 15 is 0 Å². The van der Waals surface area contributed by atoms with Crippen LogP contribution in [0.1, 0.15) is 12.8 Å². The molecule has 4 aromatic rings. The molecule has 10 nitrogen and oxygen atoms in total. The van der Waals surface area contributed by atoms with E-state index in [-0.39, 0.29) is 5.91 Å². The van der Waals surface area contributed by atoms with Crippen molar-refractivity contribution < 1.29 is 23.1 Å². The summed E-state index contributed by atoms with van der Waals surface area (Å²) in [6.45, 7) is 1.45. The molecule has 0 saturated heterocycles. The van der Waals surface area contributed by atoms with E-state index in [1.54, 1.807) is 44.6 Å². The summed E-state index contributed by atoms with van der Waals surface area (Å²) in [5.74, 6) is 2.50. The van der Waals surface area contributed by atoms with Gasteiger partial charge in [-0.1, -0.05) is 17.8 Å². The van der Waals surface area contributed by atoms with E-state index in [1.165, 1.54) is 18.7 Å². The van der Waals surface area contributed by atoms with Crippen LogP contribution in [0.5, 0.6) is 11.5 Å². The summed E-state index contributed by atoms with van der Waals surface area (Å²) in [6.07, 6.45) is 0. The van der Waals surface area contributed by atoms with Crippen molar-refractivity contribution in [2.24, 2.45) is 0 Å². The zero-order valence-electron chi connectivity index (χ0n) is 17.5. The fourth-order valence-corrected chi connectivity index (χ4v) is 3.44. The Bertz CT molecular complexity index is 1240. The maximum atomic E-state index is 11.2. The summed E-state index contributed by atoms with van der Waals surface area (Å²) < 4.78 is 22.0. The van der Waals surface area contributed by atoms with Crippen molar-refractivity contribution in [2.45, 2.75) is 17.9 Å². The zero-order chi connectivity index (χ0) is 22.5. The maximum absolute atomic E-state index is 11.2. The number of nitrogens with one attached hydrogen (secondary N) is 1. The number of thioether (sulfide) groups is 1. The standard InChI is InChI=1S/C21H19N5O5S/c1-12(27)22-15-6-4-5-13(9-15)20-25-26-21(31-20)32-11-18-23-24-19(30-18)14-7-8-16(28-2)17(10-14)29-3/h4-10H,11H2,1-3H3,(H,22,27). The second kappa shape index (κ2) is 9.52. The third-order valence-electron chi connectivity index (χ3n) is 4.25. The van der Waals surface area contributed by atoms with Gasteiger partial charge in [0.05, 0.1) is 20.0 Å². The number of hydrogen-bond acceptors (Lipinski definition) is 10. The third-order valence-corrected chi connectivity index (χ3v) is 5.06. The zero-order valence-corrected chi connectivity index (χ0v) is 18.3. The van der Waals surface area contributed by atoms with Crippen LogP contribution in [0.25, 0.3) is 22.9 Å². The lowest BCUT2D eigenvalue weighted by Crippen LogP contribution is -2.05. The predicted molar refractivity (Wildman–Crippen MR) is 116 cm³/mol. The molecule has 4 rings (SSSR count). The Morgan fingerprint density at radius 1 is 0.938 bits per heavy atom. The summed E-state index contributed by atoms with van der Waals surface area (Å²) in [4.78, 5) is 11.2. The van der Waals surface area contributed by atoms with E-state index < -0.39 is 0 Å². The molecule has 0 aliphatic rings. The van der Waals surface area contributed by atoms with Gasteiger partial charge in [0.1, 0.15) is 0 Å². The number of benzene rings is 2. The summed E-state index contributed by atoms with van der Waals surface area (Å²) in [5.41, 5.74) is 2.06. The average Bonchev–Trinajstić information content (AvgIpc) is 3.47. The van der Waals surface area contributed by atoms with Crippen molar-refractivity contribution in [1.29, 1.82) is 0 Å². The topological polar surface area (TPSA) is 125 Å². The predicted octanol–water partition coefficient (Wildman–Crippen LogP) is 4.05. The fraction of sp³-hybridized carbons (Fsp3) is 0.190. The second-order valence-corrected chi connectivity index (χ2v) is 7.42. The highest BCUT2D eigenvalue weighted by Gasteiger charge is 2.15. The molecular formula is C21H19N5O5S. The Hall–Kier alpha value is -3.86. The number of nitrogens with zero attached hydrogens (tertiary/aromatic N) is 4. The van der Waals surface area contributed by atoms with Crippen LogP contribution in [0.2, 0.25) is 0 Å². The van der Waals surface area contributed by atoms with Gasteiger partial charge in [0.15, 0.2) is 11.5 Å². The molecule has 2 aromatic heterocycles. The number of hydrogen-bond donors (Lipinski definition) is 1. The Morgan fingerprint density at radius 2 is 1.69 bits per heavy atom. The van der Waals surface area contributed by atoms with Gasteiger partial charge in [0.25, 0.3) is 5.22 Å². The van der Waals surface area contributed by atoms with Crippen molar-refractivity contribution in [1.82, 2.24) is 20.4 Å². The number of rotatable bonds is 8. The lowest BCUT2D eigenvalue weighted by molar-refractivity contribution is -0.114. The first kappa shape index (κ1) is 21.4. The van der Waals surface area contributed by atoms with Crippen molar-refractivity contribution in [2.75, 3.05) is 19.5 Å². The summed E-state index contributed by atoms with van der Waals surface area (Å²) in [7, 11) is 3.13. The molecular weight excluding hydrogens is 434 g/mol. The molecule has 1 amide bonds. The SMILES string of the molecule is COc1ccc(-c2nnc(CSc3nnc(-c4cccc(NC(C)=O)c4)o3)o2)cc1OC. The molecule has 2 aromatic carbocycles. The number of anilines is 1. The van der Waals surface area contributed by atoms with Gasteiger partial charge >= 0.3 is 0 Å². The van der Waals surface area contributed by atoms with Crippen LogP contribution in [-0.2, 0) is 10.5 Å². The Morgan fingerprint density at radius 3 is 2.47 bits per heavy atom. The molecule has 32 heavy (non-hydrogen) atoms. The van der Waals surface area contributed by atoms with Crippen molar-refractivity contribution >= 4 is 23.4 Å². The largest absolute Gasteiger partial charge is 0.493 e. The molecule has 0 spiro atoms. The third kappa shape index (κ3) is 4.89. The maximum Gasteiger partial charge on any atom is 0.277 e. The molecule has 0 radical (unpaired) electrons. The highest BCUT2D eigenvalue weighted by Crippen LogP contribution is 2.32. The molecule has 2 heterocycles. The van der Waals surface area contributed by atoms with Crippen molar-refractivity contribution in [3.63, 3.8) is 0 Å². The molecule has 1 N–H and O–H groups in total. The number of ether oxygens (including phenoxy) is 2. The molecule has 0 bridgehead atoms. The molecule has 0 unspecified atom stereocenters.